The molecular weight excluding hydrogens is 1710 g/mol. The van der Waals surface area contributed by atoms with Crippen molar-refractivity contribution in [3.8, 4) is 61.8 Å². The van der Waals surface area contributed by atoms with E-state index in [1.165, 1.54) is 103 Å². The number of halogens is 6. The van der Waals surface area contributed by atoms with Crippen molar-refractivity contribution >= 4 is 34.2 Å². The van der Waals surface area contributed by atoms with Gasteiger partial charge in [0.2, 0.25) is 18.9 Å². The van der Waals surface area contributed by atoms with Crippen LogP contribution in [0, 0.1) is 0 Å². The molecule has 8 aliphatic rings. The first-order chi connectivity index (χ1) is 60.4. The number of ether oxygens (including phenoxy) is 12. The van der Waals surface area contributed by atoms with E-state index >= 15 is 26.3 Å². The summed E-state index contributed by atoms with van der Waals surface area (Å²) in [5.41, 5.74) is -6.98. The molecule has 127 heavy (non-hydrogen) atoms. The summed E-state index contributed by atoms with van der Waals surface area (Å²) in [4.78, 5) is 16.3. The average molecular weight is 1810 g/mol. The maximum Gasteiger partial charge on any atom is 0.416 e. The summed E-state index contributed by atoms with van der Waals surface area (Å²) in [6.07, 6.45) is -68.9. The summed E-state index contributed by atoms with van der Waals surface area (Å²) in [6, 6.07) is 22.5. The van der Waals surface area contributed by atoms with Crippen LogP contribution in [0.5, 0.6) is 17.2 Å². The lowest BCUT2D eigenvalue weighted by molar-refractivity contribution is -0.352. The van der Waals surface area contributed by atoms with Crippen molar-refractivity contribution in [2.75, 3.05) is 39.6 Å². The van der Waals surface area contributed by atoms with Crippen LogP contribution >= 0.6 is 0 Å². The monoisotopic (exact) mass is 1800 g/mol. The number of H-pyrrole nitrogens is 2. The maximum absolute atomic E-state index is 15.2. The van der Waals surface area contributed by atoms with Crippen LogP contribution in [0.2, 0.25) is 0 Å². The summed E-state index contributed by atoms with van der Waals surface area (Å²) in [6.45, 7) is -5.60. The van der Waals surface area contributed by atoms with Gasteiger partial charge in [0, 0.05) is 44.3 Å². The molecule has 8 bridgehead atoms. The zero-order valence-electron chi connectivity index (χ0n) is 65.7. The van der Waals surface area contributed by atoms with Crippen LogP contribution < -0.4 is 14.2 Å². The molecule has 12 unspecified atom stereocenters. The molecule has 690 valence electrons. The molecule has 0 aliphatic carbocycles. The molecule has 45 heteroatoms. The predicted molar refractivity (Wildman–Crippen MR) is 413 cm³/mol. The zero-order valence-corrected chi connectivity index (χ0v) is 65.7. The first-order valence-corrected chi connectivity index (χ1v) is 39.7. The molecule has 32 atom stereocenters. The highest BCUT2D eigenvalue weighted by Crippen LogP contribution is 2.49. The highest BCUT2D eigenvalue weighted by Gasteiger charge is 2.56. The van der Waals surface area contributed by atoms with E-state index in [-0.39, 0.29) is 90.2 Å². The Bertz CT molecular complexity index is 5210. The number of rotatable bonds is 22. The third-order valence-electron chi connectivity index (χ3n) is 23.1. The molecular formula is C82H90F6N4O35. The Morgan fingerprint density at radius 2 is 0.567 bits per heavy atom. The van der Waals surface area contributed by atoms with Crippen LogP contribution in [0.25, 0.3) is 78.7 Å². The number of nitrogens with zero attached hydrogens (tertiary/aromatic N) is 2. The van der Waals surface area contributed by atoms with Gasteiger partial charge in [-0.25, -0.2) is 4.98 Å². The molecule has 0 saturated carbocycles. The second kappa shape index (κ2) is 37.7. The largest absolute Gasteiger partial charge is 0.462 e. The van der Waals surface area contributed by atoms with Crippen LogP contribution in [0.1, 0.15) is 46.1 Å². The van der Waals surface area contributed by atoms with Crippen molar-refractivity contribution in [1.29, 1.82) is 0 Å². The molecule has 3 aromatic heterocycles. The Balaban J connectivity index is 0.889. The molecule has 39 nitrogen and oxygen atoms in total. The quantitative estimate of drug-likeness (QED) is 0.0300. The van der Waals surface area contributed by atoms with Crippen molar-refractivity contribution < 1.29 is 201 Å². The van der Waals surface area contributed by atoms with Crippen LogP contribution in [-0.4, -0.2) is 361 Å². The number of aliphatic hydroxyl groups excluding tert-OH is 23. The van der Waals surface area contributed by atoms with E-state index in [1.54, 1.807) is 6.07 Å². The highest BCUT2D eigenvalue weighted by atomic mass is 19.4. The van der Waals surface area contributed by atoms with Crippen LogP contribution in [0.15, 0.2) is 115 Å². The van der Waals surface area contributed by atoms with E-state index in [9.17, 15) is 117 Å². The summed E-state index contributed by atoms with van der Waals surface area (Å²) in [7, 11) is 0. The Hall–Kier alpha value is -8.56. The molecule has 0 spiro atoms. The third-order valence-corrected chi connectivity index (χ3v) is 23.1. The molecule has 25 N–H and O–H groups in total. The normalized spacial score (nSPS) is 35.5. The summed E-state index contributed by atoms with van der Waals surface area (Å²) in [5, 5.41) is 252. The number of hydrogen-bond acceptors (Lipinski definition) is 37. The number of alkyl halides is 6. The van der Waals surface area contributed by atoms with Crippen molar-refractivity contribution in [1.82, 2.24) is 19.9 Å². The Kier molecular flexibility index (Phi) is 27.7. The number of aromatic nitrogens is 4. The summed E-state index contributed by atoms with van der Waals surface area (Å²) >= 11 is 0. The van der Waals surface area contributed by atoms with Crippen LogP contribution in [0.4, 0.5) is 26.3 Å². The van der Waals surface area contributed by atoms with Gasteiger partial charge >= 0.3 is 12.4 Å². The highest BCUT2D eigenvalue weighted by molar-refractivity contribution is 5.98. The molecule has 7 aromatic rings. The number of benzene rings is 4. The summed E-state index contributed by atoms with van der Waals surface area (Å²) in [5.74, 6) is -0.623. The first kappa shape index (κ1) is 93.1. The minimum absolute atomic E-state index is 0.00587. The van der Waals surface area contributed by atoms with Crippen LogP contribution in [-0.2, 0) is 55.0 Å². The lowest BCUT2D eigenvalue weighted by Gasteiger charge is -2.45. The van der Waals surface area contributed by atoms with E-state index in [2.05, 4.69) is 9.97 Å². The lowest BCUT2D eigenvalue weighted by atomic mass is 9.95. The maximum atomic E-state index is 15.2. The van der Waals surface area contributed by atoms with Crippen LogP contribution in [0.3, 0.4) is 0 Å². The first-order valence-electron chi connectivity index (χ1n) is 39.7. The van der Waals surface area contributed by atoms with Crippen molar-refractivity contribution in [3.05, 3.63) is 149 Å². The van der Waals surface area contributed by atoms with E-state index in [1.807, 2.05) is 0 Å². The molecule has 0 radical (unpaired) electrons. The molecule has 11 heterocycles. The van der Waals surface area contributed by atoms with Gasteiger partial charge in [-0.2, -0.15) is 26.3 Å². The van der Waals surface area contributed by atoms with Gasteiger partial charge in [0.05, 0.1) is 73.5 Å². The Morgan fingerprint density at radius 1 is 0.291 bits per heavy atom. The lowest BCUT2D eigenvalue weighted by Crippen LogP contribution is -2.65. The van der Waals surface area contributed by atoms with Gasteiger partial charge in [0.1, 0.15) is 176 Å². The van der Waals surface area contributed by atoms with Gasteiger partial charge in [0.25, 0.3) is 0 Å². The topological polar surface area (TPSA) is 633 Å². The van der Waals surface area contributed by atoms with Crippen molar-refractivity contribution in [2.45, 2.75) is 209 Å². The van der Waals surface area contributed by atoms with Gasteiger partial charge < -0.3 is 184 Å². The SMILES string of the molecule is OCC1O[C@@H](O[C@@H]2C(CO)O[C@@H](Oc3cccc(-c4c5nc(c(-c6cccc(O[C@@H]7OC(CO)[C@@H](O[C@@H]8OC(CO)[C@H](O)C(O)[C@@H]8O)C(O)[C@@H]7O)c6)c6ccc([nH]6)c(-c6cc(C(F)(F)F)cc(C(F)(F)F)c6)c6nc(c(-c7cccc(O[C@@H]8OC(CO)[C@@H](O[C@@H]9OC(CO)[C@H](O)C(O)[C@@H]9O)C(O)[C@@H]8O)c7)c7ccc4[nH]7)[C@@H](O)[C@H]6O)C=C5)c3)[C@@H](O)C2O)[C@@H](O)C(O)[C@H]1O. The van der Waals surface area contributed by atoms with Crippen molar-refractivity contribution in [3.63, 3.8) is 0 Å². The fourth-order valence-corrected chi connectivity index (χ4v) is 16.4. The number of fused-ring (bicyclic) bond motifs is 8. The van der Waals surface area contributed by atoms with Gasteiger partial charge in [-0.3, -0.25) is 4.98 Å². The van der Waals surface area contributed by atoms with Gasteiger partial charge in [-0.05, 0) is 113 Å². The molecule has 8 aliphatic heterocycles. The number of aromatic amines is 2. The molecule has 6 saturated heterocycles. The average Bonchev–Trinajstić information content (AvgIpc) is 1.61. The van der Waals surface area contributed by atoms with E-state index in [0.29, 0.717) is 12.1 Å². The number of nitrogens with one attached hydrogen (secondary N) is 2. The molecule has 0 amide bonds. The Morgan fingerprint density at radius 3 is 0.866 bits per heavy atom. The van der Waals surface area contributed by atoms with E-state index in [0.717, 1.165) is 0 Å². The molecule has 4 aromatic carbocycles. The summed E-state index contributed by atoms with van der Waals surface area (Å²) < 4.78 is 161. The van der Waals surface area contributed by atoms with Gasteiger partial charge in [0.15, 0.2) is 18.9 Å². The molecule has 15 rings (SSSR count). The van der Waals surface area contributed by atoms with Gasteiger partial charge in [-0.15, -0.1) is 0 Å². The standard InChI is InChI=1S/C82H90F6N4O35/c83-81(84,85)32-16-31(17-33(21-32)82(86,87)88)52-42-15-13-40(91-42)50(29-5-2-8-35(19-29)117-76-70(114)64(108)73(47(26-97)123-76)126-79-67(111)61(105)56(100)44(23-94)120-79)38-11-10-37(89-38)49(28-4-1-7-34(18-28)116-75-69(113)63(107)72(46(25-96)122-75)125-78-66(110)60(104)55(99)43(22-93)119-78)39-12-14-41(90-39)51(53-58(102)59(103)54(52)92-53)30-6-3-9-36(20-30)118-77-71(115)65(109)74(48(27-98)124-77)127-80-68(112)62(106)57(101)45(24-95)121-80/h1-21,43-48,55-80,90-91,93-115H,22-27H2/t43?,44?,45?,46?,47?,48?,55-,56-,57-,58+,59-,60?,61?,62?,63?,64?,65?,66-,67-,68-,69-,70-,71-,72+,73+,74+,75+,76+,77+,78-,79-,80-/m0/s1. The van der Waals surface area contributed by atoms with E-state index in [4.69, 9.17) is 66.8 Å². The fraction of sp³-hybridized carbons (Fsp3) is 0.488. The minimum Gasteiger partial charge on any atom is -0.462 e. The van der Waals surface area contributed by atoms with Crippen molar-refractivity contribution in [2.24, 2.45) is 0 Å². The second-order valence-corrected chi connectivity index (χ2v) is 31.3. The third kappa shape index (κ3) is 18.3. The zero-order chi connectivity index (χ0) is 91.0. The van der Waals surface area contributed by atoms with Gasteiger partial charge in [-0.1, -0.05) is 36.4 Å². The Labute approximate surface area is 711 Å². The second-order valence-electron chi connectivity index (χ2n) is 31.3. The number of aliphatic hydroxyl groups is 23. The fourth-order valence-electron chi connectivity index (χ4n) is 16.4. The minimum atomic E-state index is -5.50. The smallest absolute Gasteiger partial charge is 0.416 e. The predicted octanol–water partition coefficient (Wildman–Crippen LogP) is -3.03. The van der Waals surface area contributed by atoms with E-state index < -0.39 is 282 Å². The molecule has 6 fully saturated rings. The number of hydrogen-bond donors (Lipinski definition) is 25.